The number of unbranched alkanes of at least 4 members (excludes halogenated alkanes) is 3. The number of hydrogen-bond acceptors (Lipinski definition) is 4. The van der Waals surface area contributed by atoms with E-state index in [2.05, 4.69) is 30.4 Å². The molecule has 150 valence electrons. The molecular formula is C20H36N2O3S. The van der Waals surface area contributed by atoms with Gasteiger partial charge in [-0.15, -0.1) is 0 Å². The summed E-state index contributed by atoms with van der Waals surface area (Å²) in [7, 11) is -3.47. The Balaban J connectivity index is 2.51. The molecule has 1 aromatic rings. The van der Waals surface area contributed by atoms with E-state index in [1.54, 1.807) is 24.3 Å². The first-order valence-corrected chi connectivity index (χ1v) is 11.5. The standard InChI is InChI=1S/C20H36N2O3S/c1-4-7-15-22(16-8-5-2)17-14-21-26(23,24)20-12-10-19(11-13-20)25-18-9-6-3/h10-13,21H,4-9,14-18H2,1-3H3. The molecule has 0 atom stereocenters. The molecule has 26 heavy (non-hydrogen) atoms. The molecule has 5 nitrogen and oxygen atoms in total. The number of nitrogens with one attached hydrogen (secondary N) is 1. The molecule has 0 amide bonds. The third-order valence-corrected chi connectivity index (χ3v) is 5.75. The lowest BCUT2D eigenvalue weighted by molar-refractivity contribution is 0.269. The summed E-state index contributed by atoms with van der Waals surface area (Å²) in [5.74, 6) is 0.711. The number of ether oxygens (including phenoxy) is 1. The quantitative estimate of drug-likeness (QED) is 0.464. The summed E-state index contributed by atoms with van der Waals surface area (Å²) in [4.78, 5) is 2.63. The monoisotopic (exact) mass is 384 g/mol. The maximum absolute atomic E-state index is 12.4. The summed E-state index contributed by atoms with van der Waals surface area (Å²) >= 11 is 0. The van der Waals surface area contributed by atoms with E-state index in [1.165, 1.54) is 0 Å². The van der Waals surface area contributed by atoms with Crippen molar-refractivity contribution < 1.29 is 13.2 Å². The van der Waals surface area contributed by atoms with E-state index in [-0.39, 0.29) is 4.90 Å². The van der Waals surface area contributed by atoms with E-state index in [1.807, 2.05) is 0 Å². The molecular weight excluding hydrogens is 348 g/mol. The summed E-state index contributed by atoms with van der Waals surface area (Å²) in [6, 6.07) is 6.66. The average Bonchev–Trinajstić information content (AvgIpc) is 2.64. The second-order valence-corrected chi connectivity index (χ2v) is 8.39. The third kappa shape index (κ3) is 9.01. The van der Waals surface area contributed by atoms with Crippen molar-refractivity contribution >= 4 is 10.0 Å². The van der Waals surface area contributed by atoms with Crippen LogP contribution in [0.3, 0.4) is 0 Å². The van der Waals surface area contributed by atoms with Gasteiger partial charge in [-0.1, -0.05) is 40.0 Å². The highest BCUT2D eigenvalue weighted by molar-refractivity contribution is 7.89. The van der Waals surface area contributed by atoms with Gasteiger partial charge in [0.15, 0.2) is 0 Å². The van der Waals surface area contributed by atoms with Crippen LogP contribution in [0.4, 0.5) is 0 Å². The average molecular weight is 385 g/mol. The number of sulfonamides is 1. The topological polar surface area (TPSA) is 58.6 Å². The fourth-order valence-corrected chi connectivity index (χ4v) is 3.59. The number of rotatable bonds is 15. The summed E-state index contributed by atoms with van der Waals surface area (Å²) in [6.07, 6.45) is 6.67. The molecule has 1 aromatic carbocycles. The molecule has 0 radical (unpaired) electrons. The van der Waals surface area contributed by atoms with Gasteiger partial charge in [0.2, 0.25) is 10.0 Å². The van der Waals surface area contributed by atoms with Crippen LogP contribution in [0.2, 0.25) is 0 Å². The second kappa shape index (κ2) is 13.1. The van der Waals surface area contributed by atoms with Crippen molar-refractivity contribution in [3.63, 3.8) is 0 Å². The van der Waals surface area contributed by atoms with Gasteiger partial charge < -0.3 is 9.64 Å². The van der Waals surface area contributed by atoms with Crippen LogP contribution in [0.15, 0.2) is 29.2 Å². The third-order valence-electron chi connectivity index (χ3n) is 4.28. The molecule has 1 N–H and O–H groups in total. The van der Waals surface area contributed by atoms with Crippen molar-refractivity contribution in [2.45, 2.75) is 64.2 Å². The molecule has 0 fully saturated rings. The lowest BCUT2D eigenvalue weighted by Crippen LogP contribution is -2.36. The first kappa shape index (κ1) is 22.9. The number of nitrogens with zero attached hydrogens (tertiary/aromatic N) is 1. The van der Waals surface area contributed by atoms with Gasteiger partial charge in [0, 0.05) is 13.1 Å². The maximum atomic E-state index is 12.4. The Morgan fingerprint density at radius 3 is 2.00 bits per heavy atom. The lowest BCUT2D eigenvalue weighted by atomic mass is 10.2. The van der Waals surface area contributed by atoms with Crippen molar-refractivity contribution in [1.82, 2.24) is 9.62 Å². The zero-order valence-corrected chi connectivity index (χ0v) is 17.5. The van der Waals surface area contributed by atoms with E-state index >= 15 is 0 Å². The summed E-state index contributed by atoms with van der Waals surface area (Å²) < 4.78 is 33.2. The Morgan fingerprint density at radius 2 is 1.46 bits per heavy atom. The maximum Gasteiger partial charge on any atom is 0.240 e. The zero-order chi connectivity index (χ0) is 19.3. The Labute approximate surface area is 160 Å². The van der Waals surface area contributed by atoms with Crippen molar-refractivity contribution in [2.75, 3.05) is 32.8 Å². The van der Waals surface area contributed by atoms with Gasteiger partial charge >= 0.3 is 0 Å². The summed E-state index contributed by atoms with van der Waals surface area (Å²) in [5, 5.41) is 0. The first-order valence-electron chi connectivity index (χ1n) is 9.98. The summed E-state index contributed by atoms with van der Waals surface area (Å²) in [5.41, 5.74) is 0. The molecule has 0 aliphatic carbocycles. The van der Waals surface area contributed by atoms with Gasteiger partial charge in [-0.3, -0.25) is 0 Å². The van der Waals surface area contributed by atoms with Crippen molar-refractivity contribution in [1.29, 1.82) is 0 Å². The molecule has 0 saturated carbocycles. The predicted octanol–water partition coefficient (Wildman–Crippen LogP) is 4.05. The van der Waals surface area contributed by atoms with Crippen molar-refractivity contribution in [3.8, 4) is 5.75 Å². The molecule has 0 aliphatic heterocycles. The van der Waals surface area contributed by atoms with Crippen molar-refractivity contribution in [3.05, 3.63) is 24.3 Å². The SMILES string of the molecule is CCCCOc1ccc(S(=O)(=O)NCCN(CCCC)CCCC)cc1. The van der Waals surface area contributed by atoms with Gasteiger partial charge in [0.1, 0.15) is 5.75 Å². The van der Waals surface area contributed by atoms with Gasteiger partial charge in [-0.05, 0) is 56.6 Å². The number of benzene rings is 1. The smallest absolute Gasteiger partial charge is 0.240 e. The highest BCUT2D eigenvalue weighted by Crippen LogP contribution is 2.16. The summed E-state index contributed by atoms with van der Waals surface area (Å²) in [6.45, 7) is 10.4. The van der Waals surface area contributed by atoms with Crippen LogP contribution in [0.5, 0.6) is 5.75 Å². The highest BCUT2D eigenvalue weighted by Gasteiger charge is 2.14. The van der Waals surface area contributed by atoms with E-state index in [9.17, 15) is 8.42 Å². The van der Waals surface area contributed by atoms with Crippen LogP contribution >= 0.6 is 0 Å². The Hall–Kier alpha value is -1.11. The predicted molar refractivity (Wildman–Crippen MR) is 108 cm³/mol. The fraction of sp³-hybridized carbons (Fsp3) is 0.700. The van der Waals surface area contributed by atoms with Crippen LogP contribution in [0.1, 0.15) is 59.3 Å². The van der Waals surface area contributed by atoms with Gasteiger partial charge in [-0.2, -0.15) is 0 Å². The molecule has 0 unspecified atom stereocenters. The Bertz CT molecular complexity index is 565. The van der Waals surface area contributed by atoms with E-state index < -0.39 is 10.0 Å². The molecule has 0 aromatic heterocycles. The van der Waals surface area contributed by atoms with Gasteiger partial charge in [0.05, 0.1) is 11.5 Å². The molecule has 6 heteroatoms. The first-order chi connectivity index (χ1) is 12.5. The normalized spacial score (nSPS) is 11.8. The van der Waals surface area contributed by atoms with Gasteiger partial charge in [0.25, 0.3) is 0 Å². The molecule has 0 saturated heterocycles. The van der Waals surface area contributed by atoms with Crippen molar-refractivity contribution in [2.24, 2.45) is 0 Å². The van der Waals surface area contributed by atoms with Crippen LogP contribution in [0.25, 0.3) is 0 Å². The molecule has 0 spiro atoms. The fourth-order valence-electron chi connectivity index (χ4n) is 2.57. The highest BCUT2D eigenvalue weighted by atomic mass is 32.2. The van der Waals surface area contributed by atoms with Crippen LogP contribution in [-0.4, -0.2) is 46.1 Å². The van der Waals surface area contributed by atoms with Crippen LogP contribution in [-0.2, 0) is 10.0 Å². The number of hydrogen-bond donors (Lipinski definition) is 1. The minimum atomic E-state index is -3.47. The minimum absolute atomic E-state index is 0.286. The lowest BCUT2D eigenvalue weighted by Gasteiger charge is -2.22. The van der Waals surface area contributed by atoms with E-state index in [0.717, 1.165) is 58.2 Å². The molecule has 0 heterocycles. The van der Waals surface area contributed by atoms with E-state index in [0.29, 0.717) is 18.9 Å². The molecule has 0 aliphatic rings. The molecule has 1 rings (SSSR count). The minimum Gasteiger partial charge on any atom is -0.494 e. The van der Waals surface area contributed by atoms with Crippen LogP contribution < -0.4 is 9.46 Å². The zero-order valence-electron chi connectivity index (χ0n) is 16.7. The van der Waals surface area contributed by atoms with Crippen LogP contribution in [0, 0.1) is 0 Å². The van der Waals surface area contributed by atoms with E-state index in [4.69, 9.17) is 4.74 Å². The second-order valence-electron chi connectivity index (χ2n) is 6.62. The Kier molecular flexibility index (Phi) is 11.6. The largest absolute Gasteiger partial charge is 0.494 e. The Morgan fingerprint density at radius 1 is 0.885 bits per heavy atom. The van der Waals surface area contributed by atoms with Gasteiger partial charge in [-0.25, -0.2) is 13.1 Å². The molecule has 0 bridgehead atoms.